The quantitative estimate of drug-likeness (QED) is 0.0796. The van der Waals surface area contributed by atoms with Crippen molar-refractivity contribution in [3.8, 4) is 0 Å². The molecule has 0 saturated carbocycles. The Morgan fingerprint density at radius 2 is 0.985 bits per heavy atom. The van der Waals surface area contributed by atoms with Crippen molar-refractivity contribution in [2.75, 3.05) is 54.3 Å². The second-order valence-electron chi connectivity index (χ2n) is 18.4. The molecule has 5 fully saturated rings. The summed E-state index contributed by atoms with van der Waals surface area (Å²) in [7, 11) is 4.36. The van der Waals surface area contributed by atoms with E-state index >= 15 is 0 Å². The van der Waals surface area contributed by atoms with Gasteiger partial charge in [-0.15, -0.1) is 0 Å². The van der Waals surface area contributed by atoms with Crippen molar-refractivity contribution in [1.29, 1.82) is 0 Å². The molecule has 5 rings (SSSR count). The second kappa shape index (κ2) is 27.9. The lowest BCUT2D eigenvalue weighted by atomic mass is 9.94. The Labute approximate surface area is 388 Å². The minimum Gasteiger partial charge on any atom is -0.394 e. The molecule has 5 heterocycles. The molecule has 0 aromatic rings. The Balaban J connectivity index is 0.000000390. The van der Waals surface area contributed by atoms with Gasteiger partial charge in [0.15, 0.2) is 12.6 Å². The Kier molecular flexibility index (Phi) is 25.7. The number of aliphatic hydroxyl groups is 12. The van der Waals surface area contributed by atoms with Crippen molar-refractivity contribution in [1.82, 2.24) is 4.90 Å². The van der Waals surface area contributed by atoms with E-state index in [4.69, 9.17) is 47.7 Å². The van der Waals surface area contributed by atoms with Crippen LogP contribution in [0.5, 0.6) is 0 Å². The Hall–Kier alpha value is -1.37. The number of likely N-dealkylation sites (tertiary alicyclic amines) is 1. The Morgan fingerprint density at radius 1 is 0.576 bits per heavy atom. The number of methoxy groups -OCH3 is 3. The average Bonchev–Trinajstić information content (AvgIpc) is 3.73. The van der Waals surface area contributed by atoms with E-state index in [9.17, 15) is 61.0 Å². The van der Waals surface area contributed by atoms with Crippen LogP contribution in [0, 0.1) is 0 Å². The van der Waals surface area contributed by atoms with Gasteiger partial charge in [0.25, 0.3) is 0 Å². The van der Waals surface area contributed by atoms with Crippen LogP contribution >= 0.6 is 0 Å². The second-order valence-corrected chi connectivity index (χ2v) is 18.4. The molecule has 5 saturated heterocycles. The van der Waals surface area contributed by atoms with Crippen LogP contribution in [0.4, 0.5) is 0 Å². The van der Waals surface area contributed by atoms with Crippen LogP contribution in [0.2, 0.25) is 0 Å². The molecule has 392 valence electrons. The molecule has 0 radical (unpaired) electrons. The van der Waals surface area contributed by atoms with E-state index in [0.717, 1.165) is 32.2 Å². The van der Waals surface area contributed by atoms with Gasteiger partial charge in [0.2, 0.25) is 5.91 Å². The first kappa shape index (κ1) is 60.8. The van der Waals surface area contributed by atoms with Crippen molar-refractivity contribution in [2.24, 2.45) is 0 Å². The smallest absolute Gasteiger partial charge is 0.223 e. The summed E-state index contributed by atoms with van der Waals surface area (Å²) in [5.74, 6) is 0.330. The van der Waals surface area contributed by atoms with Gasteiger partial charge in [-0.1, -0.05) is 13.8 Å². The van der Waals surface area contributed by atoms with Crippen molar-refractivity contribution in [2.45, 2.75) is 215 Å². The molecule has 66 heavy (non-hydrogen) atoms. The molecule has 0 aromatic carbocycles. The van der Waals surface area contributed by atoms with Gasteiger partial charge >= 0.3 is 0 Å². The zero-order valence-electron chi connectivity index (χ0n) is 40.3. The van der Waals surface area contributed by atoms with Crippen molar-refractivity contribution >= 4 is 5.91 Å². The highest BCUT2D eigenvalue weighted by molar-refractivity contribution is 5.78. The maximum Gasteiger partial charge on any atom is 0.223 e. The van der Waals surface area contributed by atoms with Crippen LogP contribution in [-0.2, 0) is 47.4 Å². The molecule has 23 heteroatoms. The van der Waals surface area contributed by atoms with Crippen LogP contribution < -0.4 is 0 Å². The molecule has 0 bridgehead atoms. The van der Waals surface area contributed by atoms with E-state index < -0.39 is 135 Å². The van der Waals surface area contributed by atoms with Gasteiger partial charge in [-0.25, -0.2) is 0 Å². The molecule has 23 nitrogen and oxygen atoms in total. The number of carbonyl (C=O) groups excluding carboxylic acids is 1. The third-order valence-electron chi connectivity index (χ3n) is 12.6. The molecule has 0 aliphatic carbocycles. The summed E-state index contributed by atoms with van der Waals surface area (Å²) in [5.41, 5.74) is -0.381. The minimum absolute atomic E-state index is 0.0770. The number of nitrogens with zero attached hydrogens (tertiary/aromatic N) is 1. The highest BCUT2D eigenvalue weighted by Gasteiger charge is 2.53. The summed E-state index contributed by atoms with van der Waals surface area (Å²) in [6.45, 7) is 15.0. The van der Waals surface area contributed by atoms with Gasteiger partial charge in [0, 0.05) is 39.8 Å². The van der Waals surface area contributed by atoms with E-state index in [0.29, 0.717) is 12.5 Å². The molecule has 0 aromatic heterocycles. The largest absolute Gasteiger partial charge is 0.394 e. The molecule has 0 spiro atoms. The highest BCUT2D eigenvalue weighted by Crippen LogP contribution is 2.33. The lowest BCUT2D eigenvalue weighted by Crippen LogP contribution is -2.66. The molecular formula is C43H83NO22. The Bertz CT molecular complexity index is 1360. The van der Waals surface area contributed by atoms with Crippen LogP contribution in [0.3, 0.4) is 0 Å². The molecule has 5 aliphatic heterocycles. The first-order chi connectivity index (χ1) is 30.8. The number of hydrogen-bond acceptors (Lipinski definition) is 22. The van der Waals surface area contributed by atoms with Gasteiger partial charge in [0.1, 0.15) is 97.7 Å². The first-order valence-electron chi connectivity index (χ1n) is 22.6. The fraction of sp³-hybridized carbons (Fsp3) is 0.977. The number of carbonyl (C=O) groups is 1. The number of hydrogen-bond donors (Lipinski definition) is 12. The standard InChI is InChI=1S/C20H36O15.C9H17NO.C9H18O5.C5H12O/c1-6-10(23)13(26)17(7(3-21)31-6)34-20-16(29)14(27)18(8(4-22)32-20)35-19-15(28)12(25)11(24)9(33-19)5-30-2;1-4-9(2,3)10-7-5-6-8(10)11;1-5-7(10)8(11)9(13-3)6(14-5)4-12-2;1-4-5(2,3)6/h6-29H,3-5H2,1-2H3;4-7H2,1-3H3;5-11H,4H2,1-3H3;6H,4H2,1-3H3/t6-,7?,8?,9?,10?,11+,12-,13+,14+,15?,16?,17+,18+,19-,20-;;5-,6?,7?,8+,9+;/m0.0./s1. The number of ether oxygens (including phenoxy) is 9. The first-order valence-corrected chi connectivity index (χ1v) is 22.6. The maximum absolute atomic E-state index is 11.3. The molecule has 12 N–H and O–H groups in total. The lowest BCUT2D eigenvalue weighted by Gasteiger charge is -2.48. The third kappa shape index (κ3) is 16.3. The van der Waals surface area contributed by atoms with E-state index in [1.807, 2.05) is 11.8 Å². The third-order valence-corrected chi connectivity index (χ3v) is 12.6. The van der Waals surface area contributed by atoms with Gasteiger partial charge in [-0.3, -0.25) is 4.79 Å². The van der Waals surface area contributed by atoms with E-state index in [1.54, 1.807) is 27.9 Å². The van der Waals surface area contributed by atoms with Crippen LogP contribution in [0.15, 0.2) is 0 Å². The minimum atomic E-state index is -1.82. The fourth-order valence-electron chi connectivity index (χ4n) is 7.61. The van der Waals surface area contributed by atoms with E-state index in [1.165, 1.54) is 21.1 Å². The summed E-state index contributed by atoms with van der Waals surface area (Å²) < 4.78 is 47.9. The monoisotopic (exact) mass is 966 g/mol. The molecule has 5 aliphatic rings. The van der Waals surface area contributed by atoms with E-state index in [2.05, 4.69) is 20.8 Å². The van der Waals surface area contributed by atoms with Crippen molar-refractivity contribution < 1.29 is 109 Å². The number of aliphatic hydroxyl groups excluding tert-OH is 11. The predicted octanol–water partition coefficient (Wildman–Crippen LogP) is -3.73. The van der Waals surface area contributed by atoms with Crippen LogP contribution in [-0.4, -0.2) is 260 Å². The van der Waals surface area contributed by atoms with Crippen molar-refractivity contribution in [3.05, 3.63) is 0 Å². The highest BCUT2D eigenvalue weighted by atomic mass is 16.7. The van der Waals surface area contributed by atoms with Crippen molar-refractivity contribution in [3.63, 3.8) is 0 Å². The molecular weight excluding hydrogens is 882 g/mol. The average molecular weight is 966 g/mol. The summed E-state index contributed by atoms with van der Waals surface area (Å²) in [6.07, 6.45) is -21.3. The lowest BCUT2D eigenvalue weighted by molar-refractivity contribution is -0.372. The van der Waals surface area contributed by atoms with Gasteiger partial charge in [-0.05, 0) is 60.8 Å². The topological polar surface area (TPSA) is 346 Å². The summed E-state index contributed by atoms with van der Waals surface area (Å²) in [4.78, 5) is 13.3. The fourth-order valence-corrected chi connectivity index (χ4v) is 7.61. The molecule has 20 atom stereocenters. The van der Waals surface area contributed by atoms with E-state index in [-0.39, 0.29) is 18.2 Å². The number of rotatable bonds is 14. The summed E-state index contributed by atoms with van der Waals surface area (Å²) >= 11 is 0. The molecule has 8 unspecified atom stereocenters. The SMILES string of the molecule is CCC(C)(C)N1CCCC1=O.CCC(C)(C)O.COCC1O[C@@H](C)C(O)[C@@H](O)[C@@H]1OC.COCC1O[C@@H](O[C@@H]2C(CO)O[C@@H](O[C@@H]3C(CO)O[C@@H](C)C(O)[C@H]3O)C(O)[C@H]2O)C(O)[C@@H](O)[C@@H]1O. The number of amides is 1. The van der Waals surface area contributed by atoms with Gasteiger partial charge < -0.3 is 109 Å². The normalized spacial score (nSPS) is 40.9. The van der Waals surface area contributed by atoms with Crippen LogP contribution in [0.1, 0.15) is 81.1 Å². The predicted molar refractivity (Wildman–Crippen MR) is 230 cm³/mol. The van der Waals surface area contributed by atoms with Crippen LogP contribution in [0.25, 0.3) is 0 Å². The zero-order valence-corrected chi connectivity index (χ0v) is 40.3. The maximum atomic E-state index is 11.3. The zero-order chi connectivity index (χ0) is 50.4. The summed E-state index contributed by atoms with van der Waals surface area (Å²) in [6, 6.07) is 0. The van der Waals surface area contributed by atoms with Gasteiger partial charge in [0.05, 0.1) is 44.2 Å². The Morgan fingerprint density at radius 3 is 1.39 bits per heavy atom. The van der Waals surface area contributed by atoms with Gasteiger partial charge in [-0.2, -0.15) is 0 Å². The summed E-state index contributed by atoms with van der Waals surface area (Å²) in [5, 5.41) is 120. The molecule has 1 amide bonds.